The summed E-state index contributed by atoms with van der Waals surface area (Å²) in [6.07, 6.45) is 0. The summed E-state index contributed by atoms with van der Waals surface area (Å²) in [5.41, 5.74) is 2.20. The van der Waals surface area contributed by atoms with Gasteiger partial charge in [-0.25, -0.2) is 4.79 Å². The molecule has 0 spiro atoms. The lowest BCUT2D eigenvalue weighted by atomic mass is 10.0. The summed E-state index contributed by atoms with van der Waals surface area (Å²) in [6, 6.07) is 7.01. The molecule has 0 fully saturated rings. The van der Waals surface area contributed by atoms with Gasteiger partial charge in [0.1, 0.15) is 11.0 Å². The highest BCUT2D eigenvalue weighted by Gasteiger charge is 2.17. The van der Waals surface area contributed by atoms with Crippen LogP contribution in [0.1, 0.15) is 46.1 Å². The largest absolute Gasteiger partial charge is 0.352 e. The Morgan fingerprint density at radius 2 is 1.62 bits per heavy atom. The summed E-state index contributed by atoms with van der Waals surface area (Å²) in [5.74, 6) is 0.229. The lowest BCUT2D eigenvalue weighted by Gasteiger charge is -2.15. The van der Waals surface area contributed by atoms with E-state index in [0.29, 0.717) is 11.0 Å². The summed E-state index contributed by atoms with van der Waals surface area (Å²) in [7, 11) is 0. The van der Waals surface area contributed by atoms with Crippen LogP contribution in [0.15, 0.2) is 24.3 Å². The SMILES string of the molecule is CC(C)NC(=O)C(C)NC(=O)Nc1nnc(-c2ccc(C(C)C)cc2)s1. The first kappa shape index (κ1) is 19.8. The molecule has 1 unspecified atom stereocenters. The Hall–Kier alpha value is -2.48. The quantitative estimate of drug-likeness (QED) is 0.721. The second-order valence-corrected chi connectivity index (χ2v) is 7.65. The summed E-state index contributed by atoms with van der Waals surface area (Å²) >= 11 is 1.28. The molecule has 140 valence electrons. The second-order valence-electron chi connectivity index (χ2n) is 6.67. The molecule has 0 aliphatic carbocycles. The topological polar surface area (TPSA) is 96.0 Å². The Labute approximate surface area is 157 Å². The van der Waals surface area contributed by atoms with E-state index in [9.17, 15) is 9.59 Å². The fourth-order valence-electron chi connectivity index (χ4n) is 2.21. The zero-order chi connectivity index (χ0) is 19.3. The van der Waals surface area contributed by atoms with Crippen molar-refractivity contribution in [1.82, 2.24) is 20.8 Å². The Bertz CT molecular complexity index is 755. The number of benzene rings is 1. The van der Waals surface area contributed by atoms with Crippen molar-refractivity contribution in [3.8, 4) is 10.6 Å². The van der Waals surface area contributed by atoms with Crippen LogP contribution in [0.4, 0.5) is 9.93 Å². The minimum absolute atomic E-state index is 0.0163. The molecule has 0 saturated heterocycles. The highest BCUT2D eigenvalue weighted by molar-refractivity contribution is 7.18. The van der Waals surface area contributed by atoms with Gasteiger partial charge < -0.3 is 10.6 Å². The van der Waals surface area contributed by atoms with Crippen LogP contribution in [0.3, 0.4) is 0 Å². The van der Waals surface area contributed by atoms with E-state index < -0.39 is 12.1 Å². The van der Waals surface area contributed by atoms with Crippen molar-refractivity contribution in [3.05, 3.63) is 29.8 Å². The number of anilines is 1. The van der Waals surface area contributed by atoms with Crippen molar-refractivity contribution in [2.75, 3.05) is 5.32 Å². The third-order valence-corrected chi connectivity index (χ3v) is 4.53. The van der Waals surface area contributed by atoms with E-state index in [4.69, 9.17) is 0 Å². The van der Waals surface area contributed by atoms with E-state index in [-0.39, 0.29) is 11.9 Å². The maximum absolute atomic E-state index is 12.0. The molecule has 0 bridgehead atoms. The average Bonchev–Trinajstić information content (AvgIpc) is 3.02. The van der Waals surface area contributed by atoms with E-state index in [1.165, 1.54) is 16.9 Å². The number of amides is 3. The van der Waals surface area contributed by atoms with Gasteiger partial charge in [-0.05, 0) is 32.3 Å². The van der Waals surface area contributed by atoms with Crippen molar-refractivity contribution < 1.29 is 9.59 Å². The number of aromatic nitrogens is 2. The van der Waals surface area contributed by atoms with E-state index in [0.717, 1.165) is 10.6 Å². The van der Waals surface area contributed by atoms with Crippen molar-refractivity contribution >= 4 is 28.4 Å². The van der Waals surface area contributed by atoms with Gasteiger partial charge >= 0.3 is 6.03 Å². The van der Waals surface area contributed by atoms with Crippen LogP contribution in [-0.4, -0.2) is 34.2 Å². The van der Waals surface area contributed by atoms with Crippen molar-refractivity contribution in [2.24, 2.45) is 0 Å². The molecule has 0 radical (unpaired) electrons. The van der Waals surface area contributed by atoms with Crippen LogP contribution in [-0.2, 0) is 4.79 Å². The van der Waals surface area contributed by atoms with E-state index >= 15 is 0 Å². The lowest BCUT2D eigenvalue weighted by Crippen LogP contribution is -2.48. The molecule has 0 saturated carbocycles. The van der Waals surface area contributed by atoms with Gasteiger partial charge in [-0.3, -0.25) is 10.1 Å². The Kier molecular flexibility index (Phi) is 6.68. The number of hydrogen-bond acceptors (Lipinski definition) is 5. The number of carbonyl (C=O) groups excluding carboxylic acids is 2. The molecule has 26 heavy (non-hydrogen) atoms. The molecular weight excluding hydrogens is 350 g/mol. The maximum Gasteiger partial charge on any atom is 0.321 e. The van der Waals surface area contributed by atoms with Gasteiger partial charge in [0.05, 0.1) is 0 Å². The van der Waals surface area contributed by atoms with Gasteiger partial charge in [0, 0.05) is 11.6 Å². The summed E-state index contributed by atoms with van der Waals surface area (Å²) in [6.45, 7) is 9.63. The van der Waals surface area contributed by atoms with E-state index in [2.05, 4.69) is 52.1 Å². The monoisotopic (exact) mass is 375 g/mol. The zero-order valence-corrected chi connectivity index (χ0v) is 16.5. The fraction of sp³-hybridized carbons (Fsp3) is 0.444. The minimum atomic E-state index is -0.645. The van der Waals surface area contributed by atoms with Crippen LogP contribution in [0, 0.1) is 0 Å². The standard InChI is InChI=1S/C18H25N5O2S/c1-10(2)13-6-8-14(9-7-13)16-22-23-18(26-16)21-17(25)20-12(5)15(24)19-11(3)4/h6-12H,1-5H3,(H,19,24)(H2,20,21,23,25). The third-order valence-electron chi connectivity index (χ3n) is 3.64. The highest BCUT2D eigenvalue weighted by atomic mass is 32.1. The van der Waals surface area contributed by atoms with Crippen LogP contribution in [0.5, 0.6) is 0 Å². The van der Waals surface area contributed by atoms with Crippen LogP contribution in [0.25, 0.3) is 10.6 Å². The zero-order valence-electron chi connectivity index (χ0n) is 15.7. The van der Waals surface area contributed by atoms with Crippen LogP contribution < -0.4 is 16.0 Å². The Morgan fingerprint density at radius 1 is 0.962 bits per heavy atom. The number of carbonyl (C=O) groups is 2. The highest BCUT2D eigenvalue weighted by Crippen LogP contribution is 2.27. The smallest absolute Gasteiger partial charge is 0.321 e. The molecule has 1 heterocycles. The molecule has 2 aromatic rings. The first-order chi connectivity index (χ1) is 12.3. The predicted molar refractivity (Wildman–Crippen MR) is 104 cm³/mol. The van der Waals surface area contributed by atoms with E-state index in [1.807, 2.05) is 26.0 Å². The number of hydrogen-bond donors (Lipinski definition) is 3. The molecule has 7 nitrogen and oxygen atoms in total. The first-order valence-corrected chi connectivity index (χ1v) is 9.39. The maximum atomic E-state index is 12.0. The molecular formula is C18H25N5O2S. The predicted octanol–water partition coefficient (Wildman–Crippen LogP) is 3.36. The summed E-state index contributed by atoms with van der Waals surface area (Å²) in [4.78, 5) is 23.8. The van der Waals surface area contributed by atoms with Crippen molar-refractivity contribution in [2.45, 2.75) is 52.6 Å². The number of nitrogens with one attached hydrogen (secondary N) is 3. The third kappa shape index (κ3) is 5.52. The summed E-state index contributed by atoms with van der Waals surface area (Å²) in [5, 5.41) is 17.1. The molecule has 2 rings (SSSR count). The minimum Gasteiger partial charge on any atom is -0.352 e. The molecule has 0 aliphatic rings. The van der Waals surface area contributed by atoms with Gasteiger partial charge in [-0.2, -0.15) is 0 Å². The average molecular weight is 375 g/mol. The molecule has 8 heteroatoms. The van der Waals surface area contributed by atoms with Gasteiger partial charge in [0.25, 0.3) is 0 Å². The van der Waals surface area contributed by atoms with Crippen LogP contribution in [0.2, 0.25) is 0 Å². The second kappa shape index (κ2) is 8.75. The number of urea groups is 1. The Balaban J connectivity index is 1.95. The van der Waals surface area contributed by atoms with Gasteiger partial charge in [0.15, 0.2) is 0 Å². The molecule has 1 aromatic heterocycles. The van der Waals surface area contributed by atoms with Crippen molar-refractivity contribution in [3.63, 3.8) is 0 Å². The van der Waals surface area contributed by atoms with Crippen molar-refractivity contribution in [1.29, 1.82) is 0 Å². The summed E-state index contributed by atoms with van der Waals surface area (Å²) < 4.78 is 0. The molecule has 1 aromatic carbocycles. The molecule has 3 N–H and O–H groups in total. The first-order valence-electron chi connectivity index (χ1n) is 8.58. The van der Waals surface area contributed by atoms with Crippen LogP contribution >= 0.6 is 11.3 Å². The lowest BCUT2D eigenvalue weighted by molar-refractivity contribution is -0.123. The van der Waals surface area contributed by atoms with Gasteiger partial charge in [-0.15, -0.1) is 10.2 Å². The molecule has 0 aliphatic heterocycles. The number of nitrogens with zero attached hydrogens (tertiary/aromatic N) is 2. The molecule has 1 atom stereocenters. The van der Waals surface area contributed by atoms with E-state index in [1.54, 1.807) is 6.92 Å². The number of rotatable bonds is 6. The van der Waals surface area contributed by atoms with Gasteiger partial charge in [0.2, 0.25) is 11.0 Å². The molecule has 3 amide bonds. The fourth-order valence-corrected chi connectivity index (χ4v) is 2.95. The Morgan fingerprint density at radius 3 is 2.19 bits per heavy atom. The van der Waals surface area contributed by atoms with Gasteiger partial charge in [-0.1, -0.05) is 49.4 Å². The normalized spacial score (nSPS) is 12.1.